The number of hydrogen-bond donors (Lipinski definition) is 2. The van der Waals surface area contributed by atoms with E-state index in [1.54, 1.807) is 35.9 Å². The number of imide groups is 1. The van der Waals surface area contributed by atoms with Crippen LogP contribution < -0.4 is 16.2 Å². The third-order valence-electron chi connectivity index (χ3n) is 4.99. The number of rotatable bonds is 8. The quantitative estimate of drug-likeness (QED) is 0.307. The minimum Gasteiger partial charge on any atom is -0.385 e. The van der Waals surface area contributed by atoms with Crippen molar-refractivity contribution in [3.63, 3.8) is 0 Å². The number of thioether (sulfide) groups is 1. The Balaban J connectivity index is 1.69. The van der Waals surface area contributed by atoms with Gasteiger partial charge in [0.05, 0.1) is 16.7 Å². The molecule has 0 saturated heterocycles. The number of nitrogens with zero attached hydrogens (tertiary/aromatic N) is 2. The molecule has 0 saturated carbocycles. The van der Waals surface area contributed by atoms with Crippen LogP contribution in [0.25, 0.3) is 10.9 Å². The molecule has 3 amide bonds. The van der Waals surface area contributed by atoms with Gasteiger partial charge in [-0.15, -0.1) is 0 Å². The van der Waals surface area contributed by atoms with E-state index in [4.69, 9.17) is 4.74 Å². The zero-order valence-electron chi connectivity index (χ0n) is 18.3. The number of methoxy groups -OCH3 is 1. The summed E-state index contributed by atoms with van der Waals surface area (Å²) in [5.74, 6) is -0.543. The first-order chi connectivity index (χ1) is 15.4. The number of nitrogens with one attached hydrogen (secondary N) is 2. The van der Waals surface area contributed by atoms with Crippen LogP contribution in [-0.2, 0) is 16.1 Å². The predicted molar refractivity (Wildman–Crippen MR) is 126 cm³/mol. The van der Waals surface area contributed by atoms with Crippen molar-refractivity contribution in [2.24, 2.45) is 0 Å². The highest BCUT2D eigenvalue weighted by molar-refractivity contribution is 7.99. The molecule has 0 radical (unpaired) electrons. The molecule has 0 bridgehead atoms. The van der Waals surface area contributed by atoms with Crippen molar-refractivity contribution in [1.82, 2.24) is 14.9 Å². The molecule has 0 atom stereocenters. The summed E-state index contributed by atoms with van der Waals surface area (Å²) in [4.78, 5) is 42.1. The van der Waals surface area contributed by atoms with Crippen LogP contribution >= 0.6 is 11.8 Å². The van der Waals surface area contributed by atoms with Gasteiger partial charge in [0.25, 0.3) is 5.56 Å². The smallest absolute Gasteiger partial charge is 0.325 e. The monoisotopic (exact) mass is 454 g/mol. The van der Waals surface area contributed by atoms with E-state index >= 15 is 0 Å². The van der Waals surface area contributed by atoms with Gasteiger partial charge in [0, 0.05) is 25.9 Å². The minimum absolute atomic E-state index is 0.0602. The van der Waals surface area contributed by atoms with Crippen LogP contribution in [0.15, 0.2) is 52.4 Å². The van der Waals surface area contributed by atoms with E-state index in [9.17, 15) is 14.4 Å². The Hall–Kier alpha value is -3.17. The van der Waals surface area contributed by atoms with Gasteiger partial charge in [0.2, 0.25) is 5.91 Å². The normalized spacial score (nSPS) is 10.8. The van der Waals surface area contributed by atoms with Gasteiger partial charge in [-0.05, 0) is 49.6 Å². The van der Waals surface area contributed by atoms with Crippen molar-refractivity contribution < 1.29 is 14.3 Å². The summed E-state index contributed by atoms with van der Waals surface area (Å²) in [6.07, 6.45) is 0.633. The maximum Gasteiger partial charge on any atom is 0.325 e. The summed E-state index contributed by atoms with van der Waals surface area (Å²) in [6, 6.07) is 12.1. The summed E-state index contributed by atoms with van der Waals surface area (Å²) >= 11 is 1.12. The van der Waals surface area contributed by atoms with E-state index in [0.717, 1.165) is 22.9 Å². The molecule has 2 N–H and O–H groups in total. The van der Waals surface area contributed by atoms with E-state index in [-0.39, 0.29) is 11.3 Å². The first-order valence-corrected chi connectivity index (χ1v) is 11.2. The highest BCUT2D eigenvalue weighted by atomic mass is 32.2. The van der Waals surface area contributed by atoms with Crippen molar-refractivity contribution in [3.8, 4) is 0 Å². The molecule has 0 aliphatic rings. The number of amides is 3. The van der Waals surface area contributed by atoms with Gasteiger partial charge < -0.3 is 10.1 Å². The average molecular weight is 455 g/mol. The number of ether oxygens (including phenoxy) is 1. The van der Waals surface area contributed by atoms with E-state index < -0.39 is 11.9 Å². The molecule has 0 unspecified atom stereocenters. The molecule has 0 fully saturated rings. The minimum atomic E-state index is -0.603. The van der Waals surface area contributed by atoms with Gasteiger partial charge >= 0.3 is 6.03 Å². The topological polar surface area (TPSA) is 102 Å². The van der Waals surface area contributed by atoms with Crippen molar-refractivity contribution in [2.75, 3.05) is 24.8 Å². The number of hydrogen-bond acceptors (Lipinski definition) is 6. The number of para-hydroxylation sites is 1. The Bertz CT molecular complexity index is 1190. The van der Waals surface area contributed by atoms with Gasteiger partial charge in [0.15, 0.2) is 5.16 Å². The Morgan fingerprint density at radius 2 is 1.91 bits per heavy atom. The van der Waals surface area contributed by atoms with E-state index in [1.807, 2.05) is 32.0 Å². The summed E-state index contributed by atoms with van der Waals surface area (Å²) in [7, 11) is 1.60. The van der Waals surface area contributed by atoms with E-state index in [2.05, 4.69) is 15.6 Å². The van der Waals surface area contributed by atoms with Crippen molar-refractivity contribution >= 4 is 40.3 Å². The van der Waals surface area contributed by atoms with Crippen LogP contribution in [0.4, 0.5) is 10.5 Å². The van der Waals surface area contributed by atoms with Crippen LogP contribution in [0.5, 0.6) is 0 Å². The van der Waals surface area contributed by atoms with Crippen LogP contribution in [0.2, 0.25) is 0 Å². The number of anilines is 1. The lowest BCUT2D eigenvalue weighted by Crippen LogP contribution is -2.36. The fourth-order valence-corrected chi connectivity index (χ4v) is 3.98. The van der Waals surface area contributed by atoms with Crippen LogP contribution in [-0.4, -0.2) is 41.0 Å². The van der Waals surface area contributed by atoms with Crippen LogP contribution in [0.1, 0.15) is 17.5 Å². The number of fused-ring (bicyclic) bond motifs is 1. The molecule has 8 nitrogen and oxygen atoms in total. The number of aromatic nitrogens is 2. The van der Waals surface area contributed by atoms with Crippen LogP contribution in [0, 0.1) is 13.8 Å². The fourth-order valence-electron chi connectivity index (χ4n) is 3.15. The summed E-state index contributed by atoms with van der Waals surface area (Å²) in [5.41, 5.74) is 3.02. The zero-order valence-corrected chi connectivity index (χ0v) is 19.1. The first kappa shape index (κ1) is 23.5. The Kier molecular flexibility index (Phi) is 8.02. The van der Waals surface area contributed by atoms with Crippen molar-refractivity contribution in [2.45, 2.75) is 32.0 Å². The Labute approximate surface area is 190 Å². The predicted octanol–water partition coefficient (Wildman–Crippen LogP) is 3.49. The first-order valence-electron chi connectivity index (χ1n) is 10.2. The second-order valence-electron chi connectivity index (χ2n) is 7.25. The largest absolute Gasteiger partial charge is 0.385 e. The van der Waals surface area contributed by atoms with Crippen LogP contribution in [0.3, 0.4) is 0 Å². The molecule has 2 aromatic carbocycles. The maximum absolute atomic E-state index is 12.9. The molecule has 3 aromatic rings. The second-order valence-corrected chi connectivity index (χ2v) is 8.20. The van der Waals surface area contributed by atoms with Gasteiger partial charge in [-0.25, -0.2) is 9.78 Å². The number of urea groups is 1. The molecule has 0 spiro atoms. The van der Waals surface area contributed by atoms with Gasteiger partial charge in [-0.1, -0.05) is 36.0 Å². The third-order valence-corrected chi connectivity index (χ3v) is 5.97. The van der Waals surface area contributed by atoms with E-state index in [0.29, 0.717) is 41.3 Å². The molecule has 9 heteroatoms. The molecule has 1 aromatic heterocycles. The standard InChI is InChI=1S/C23H26N4O4S/c1-15-8-6-11-18(16(15)2)24-22(30)26-20(28)14-32-23-25-19-10-5-4-9-17(19)21(29)27(23)12-7-13-31-3/h4-6,8-11H,7,12-14H2,1-3H3,(H2,24,26,28,30). The molecule has 1 heterocycles. The van der Waals surface area contributed by atoms with Crippen molar-refractivity contribution in [3.05, 3.63) is 63.9 Å². The zero-order chi connectivity index (χ0) is 23.1. The fraction of sp³-hybridized carbons (Fsp3) is 0.304. The number of benzene rings is 2. The Morgan fingerprint density at radius 1 is 1.12 bits per heavy atom. The highest BCUT2D eigenvalue weighted by Crippen LogP contribution is 2.19. The summed E-state index contributed by atoms with van der Waals surface area (Å²) in [6.45, 7) is 4.77. The molecule has 0 aliphatic carbocycles. The van der Waals surface area contributed by atoms with Gasteiger partial charge in [-0.2, -0.15) is 0 Å². The maximum atomic E-state index is 12.9. The number of carbonyl (C=O) groups is 2. The molecule has 168 valence electrons. The second kappa shape index (κ2) is 10.9. The highest BCUT2D eigenvalue weighted by Gasteiger charge is 2.15. The third kappa shape index (κ3) is 5.74. The van der Waals surface area contributed by atoms with Gasteiger partial charge in [0.1, 0.15) is 0 Å². The Morgan fingerprint density at radius 3 is 2.69 bits per heavy atom. The summed E-state index contributed by atoms with van der Waals surface area (Å²) in [5, 5.41) is 5.96. The molecule has 3 rings (SSSR count). The lowest BCUT2D eigenvalue weighted by Gasteiger charge is -2.13. The lowest BCUT2D eigenvalue weighted by molar-refractivity contribution is -0.117. The molecular formula is C23H26N4O4S. The number of carbonyl (C=O) groups excluding carboxylic acids is 2. The molecular weight excluding hydrogens is 428 g/mol. The SMILES string of the molecule is COCCCn1c(SCC(=O)NC(=O)Nc2cccc(C)c2C)nc2ccccc2c1=O. The lowest BCUT2D eigenvalue weighted by atomic mass is 10.1. The van der Waals surface area contributed by atoms with Gasteiger partial charge in [-0.3, -0.25) is 19.5 Å². The average Bonchev–Trinajstić information content (AvgIpc) is 2.77. The molecule has 32 heavy (non-hydrogen) atoms. The van der Waals surface area contributed by atoms with E-state index in [1.165, 1.54) is 0 Å². The molecule has 0 aliphatic heterocycles. The van der Waals surface area contributed by atoms with Crippen molar-refractivity contribution in [1.29, 1.82) is 0 Å². The summed E-state index contributed by atoms with van der Waals surface area (Å²) < 4.78 is 6.64. The number of aryl methyl sites for hydroxylation is 1.